The van der Waals surface area contributed by atoms with Crippen molar-refractivity contribution in [2.45, 2.75) is 20.3 Å². The molecule has 0 unspecified atom stereocenters. The van der Waals surface area contributed by atoms with Crippen molar-refractivity contribution in [1.29, 1.82) is 0 Å². The van der Waals surface area contributed by atoms with Gasteiger partial charge in [0, 0.05) is 16.6 Å². The monoisotopic (exact) mass is 307 g/mol. The molecule has 0 bridgehead atoms. The Balaban J connectivity index is 2.21. The third-order valence-corrected chi connectivity index (χ3v) is 3.07. The van der Waals surface area contributed by atoms with Gasteiger partial charge in [-0.2, -0.15) is 0 Å². The minimum atomic E-state index is -0.141. The average molecular weight is 308 g/mol. The van der Waals surface area contributed by atoms with Crippen LogP contribution in [0.15, 0.2) is 39.4 Å². The molecule has 0 aliphatic carbocycles. The second-order valence-electron chi connectivity index (χ2n) is 4.08. The summed E-state index contributed by atoms with van der Waals surface area (Å²) in [6.07, 6.45) is 2.24. The van der Waals surface area contributed by atoms with Crippen molar-refractivity contribution in [1.82, 2.24) is 0 Å². The highest BCUT2D eigenvalue weighted by Gasteiger charge is 2.13. The molecule has 94 valence electrons. The van der Waals surface area contributed by atoms with Crippen molar-refractivity contribution in [2.24, 2.45) is 0 Å². The van der Waals surface area contributed by atoms with Gasteiger partial charge in [-0.05, 0) is 36.8 Å². The molecule has 0 aliphatic rings. The van der Waals surface area contributed by atoms with E-state index in [-0.39, 0.29) is 5.91 Å². The molecule has 2 aromatic rings. The molecule has 0 atom stereocenters. The maximum Gasteiger partial charge on any atom is 0.259 e. The van der Waals surface area contributed by atoms with E-state index in [4.69, 9.17) is 4.42 Å². The summed E-state index contributed by atoms with van der Waals surface area (Å²) >= 11 is 3.41. The molecule has 1 aromatic carbocycles. The second-order valence-corrected chi connectivity index (χ2v) is 5.00. The second kappa shape index (κ2) is 5.40. The topological polar surface area (TPSA) is 42.2 Å². The summed E-state index contributed by atoms with van der Waals surface area (Å²) in [6, 6.07) is 7.48. The molecule has 0 fully saturated rings. The van der Waals surface area contributed by atoms with E-state index < -0.39 is 0 Å². The first-order valence-corrected chi connectivity index (χ1v) is 6.54. The zero-order valence-electron chi connectivity index (χ0n) is 10.3. The number of anilines is 1. The number of carbonyl (C=O) groups excluding carboxylic acids is 1. The Hall–Kier alpha value is -1.55. The Morgan fingerprint density at radius 2 is 2.17 bits per heavy atom. The Labute approximate surface area is 114 Å². The van der Waals surface area contributed by atoms with Gasteiger partial charge in [0.05, 0.1) is 11.8 Å². The summed E-state index contributed by atoms with van der Waals surface area (Å²) in [7, 11) is 0. The Morgan fingerprint density at radius 3 is 2.83 bits per heavy atom. The molecule has 1 amide bonds. The normalized spacial score (nSPS) is 10.4. The Bertz CT molecular complexity index is 555. The molecule has 0 saturated carbocycles. The van der Waals surface area contributed by atoms with Crippen LogP contribution >= 0.6 is 15.9 Å². The summed E-state index contributed by atoms with van der Waals surface area (Å²) in [5, 5.41) is 2.87. The number of halogens is 1. The largest absolute Gasteiger partial charge is 0.469 e. The zero-order valence-corrected chi connectivity index (χ0v) is 11.9. The molecule has 0 spiro atoms. The average Bonchev–Trinajstić information content (AvgIpc) is 2.75. The van der Waals surface area contributed by atoms with Crippen LogP contribution in [0, 0.1) is 6.92 Å². The van der Waals surface area contributed by atoms with Crippen LogP contribution in [0.3, 0.4) is 0 Å². The van der Waals surface area contributed by atoms with E-state index in [2.05, 4.69) is 21.2 Å². The highest BCUT2D eigenvalue weighted by molar-refractivity contribution is 9.10. The number of amides is 1. The lowest BCUT2D eigenvalue weighted by atomic mass is 10.2. The van der Waals surface area contributed by atoms with Gasteiger partial charge in [0.25, 0.3) is 5.91 Å². The van der Waals surface area contributed by atoms with Crippen molar-refractivity contribution < 1.29 is 9.21 Å². The lowest BCUT2D eigenvalue weighted by Crippen LogP contribution is -2.12. The van der Waals surface area contributed by atoms with E-state index in [0.717, 1.165) is 15.7 Å². The molecule has 0 radical (unpaired) electrons. The summed E-state index contributed by atoms with van der Waals surface area (Å²) < 4.78 is 6.20. The lowest BCUT2D eigenvalue weighted by Gasteiger charge is -2.06. The zero-order chi connectivity index (χ0) is 13.1. The van der Waals surface area contributed by atoms with E-state index in [1.54, 1.807) is 12.3 Å². The molecule has 1 N–H and O–H groups in total. The van der Waals surface area contributed by atoms with Crippen LogP contribution in [-0.4, -0.2) is 5.91 Å². The number of aryl methyl sites for hydroxylation is 2. The van der Waals surface area contributed by atoms with E-state index in [9.17, 15) is 4.79 Å². The standard InChI is InChI=1S/C14H14BrNO2/c1-3-13-12(4-5-18-13)14(17)16-11-7-9(2)6-10(15)8-11/h4-8H,3H2,1-2H3,(H,16,17). The van der Waals surface area contributed by atoms with Gasteiger partial charge in [-0.3, -0.25) is 4.79 Å². The third kappa shape index (κ3) is 2.82. The van der Waals surface area contributed by atoms with Crippen LogP contribution in [0.1, 0.15) is 28.6 Å². The molecule has 3 nitrogen and oxygen atoms in total. The van der Waals surface area contributed by atoms with Crippen molar-refractivity contribution in [3.05, 3.63) is 51.9 Å². The highest BCUT2D eigenvalue weighted by atomic mass is 79.9. The number of hydrogen-bond donors (Lipinski definition) is 1. The SMILES string of the molecule is CCc1occc1C(=O)Nc1cc(C)cc(Br)c1. The first-order chi connectivity index (χ1) is 8.60. The van der Waals surface area contributed by atoms with Crippen molar-refractivity contribution in [2.75, 3.05) is 5.32 Å². The van der Waals surface area contributed by atoms with Gasteiger partial charge in [-0.1, -0.05) is 22.9 Å². The number of hydrogen-bond acceptors (Lipinski definition) is 2. The first kappa shape index (κ1) is 12.9. The molecule has 0 saturated heterocycles. The number of nitrogens with one attached hydrogen (secondary N) is 1. The molecule has 4 heteroatoms. The smallest absolute Gasteiger partial charge is 0.259 e. The van der Waals surface area contributed by atoms with Gasteiger partial charge < -0.3 is 9.73 Å². The van der Waals surface area contributed by atoms with Crippen LogP contribution < -0.4 is 5.32 Å². The molecular weight excluding hydrogens is 294 g/mol. The first-order valence-electron chi connectivity index (χ1n) is 5.75. The minimum Gasteiger partial charge on any atom is -0.469 e. The summed E-state index contributed by atoms with van der Waals surface area (Å²) in [5.74, 6) is 0.567. The maximum absolute atomic E-state index is 12.1. The number of furan rings is 1. The Morgan fingerprint density at radius 1 is 1.39 bits per heavy atom. The van der Waals surface area contributed by atoms with Gasteiger partial charge in [-0.25, -0.2) is 0 Å². The maximum atomic E-state index is 12.1. The van der Waals surface area contributed by atoms with E-state index in [0.29, 0.717) is 17.7 Å². The molecule has 2 rings (SSSR count). The van der Waals surface area contributed by atoms with E-state index >= 15 is 0 Å². The number of benzene rings is 1. The van der Waals surface area contributed by atoms with Gasteiger partial charge in [0.15, 0.2) is 0 Å². The fraction of sp³-hybridized carbons (Fsp3) is 0.214. The summed E-state index contributed by atoms with van der Waals surface area (Å²) in [5.41, 5.74) is 2.45. The van der Waals surface area contributed by atoms with E-state index in [1.165, 1.54) is 0 Å². The summed E-state index contributed by atoms with van der Waals surface area (Å²) in [6.45, 7) is 3.94. The molecular formula is C14H14BrNO2. The molecule has 1 aromatic heterocycles. The predicted octanol–water partition coefficient (Wildman–Crippen LogP) is 4.17. The van der Waals surface area contributed by atoms with E-state index in [1.807, 2.05) is 32.0 Å². The van der Waals surface area contributed by atoms with Gasteiger partial charge in [0.1, 0.15) is 5.76 Å². The summed E-state index contributed by atoms with van der Waals surface area (Å²) in [4.78, 5) is 12.1. The van der Waals surface area contributed by atoms with Crippen LogP contribution in [0.25, 0.3) is 0 Å². The van der Waals surface area contributed by atoms with Crippen molar-refractivity contribution in [3.63, 3.8) is 0 Å². The minimum absolute atomic E-state index is 0.141. The third-order valence-electron chi connectivity index (χ3n) is 2.61. The van der Waals surface area contributed by atoms with Crippen LogP contribution in [0.5, 0.6) is 0 Å². The Kier molecular flexibility index (Phi) is 3.87. The van der Waals surface area contributed by atoms with Crippen molar-refractivity contribution in [3.8, 4) is 0 Å². The van der Waals surface area contributed by atoms with Crippen molar-refractivity contribution >= 4 is 27.5 Å². The predicted molar refractivity (Wildman–Crippen MR) is 74.9 cm³/mol. The van der Waals surface area contributed by atoms with Crippen LogP contribution in [-0.2, 0) is 6.42 Å². The number of rotatable bonds is 3. The van der Waals surface area contributed by atoms with Gasteiger partial charge in [-0.15, -0.1) is 0 Å². The number of carbonyl (C=O) groups is 1. The van der Waals surface area contributed by atoms with Gasteiger partial charge in [0.2, 0.25) is 0 Å². The molecule has 18 heavy (non-hydrogen) atoms. The molecule has 0 aliphatic heterocycles. The van der Waals surface area contributed by atoms with Gasteiger partial charge >= 0.3 is 0 Å². The lowest BCUT2D eigenvalue weighted by molar-refractivity contribution is 0.102. The fourth-order valence-corrected chi connectivity index (χ4v) is 2.43. The highest BCUT2D eigenvalue weighted by Crippen LogP contribution is 2.20. The quantitative estimate of drug-likeness (QED) is 0.925. The van der Waals surface area contributed by atoms with Crippen LogP contribution in [0.4, 0.5) is 5.69 Å². The fourth-order valence-electron chi connectivity index (χ4n) is 1.82. The van der Waals surface area contributed by atoms with Crippen LogP contribution in [0.2, 0.25) is 0 Å². The molecule has 1 heterocycles.